The third kappa shape index (κ3) is 7.44. The van der Waals surface area contributed by atoms with Crippen molar-refractivity contribution in [2.24, 2.45) is 0 Å². The molecule has 0 spiro atoms. The number of carbonyl (C=O) groups is 1. The normalized spacial score (nSPS) is 11.5. The molecule has 0 saturated heterocycles. The molecule has 3 aromatic heterocycles. The summed E-state index contributed by atoms with van der Waals surface area (Å²) in [4.78, 5) is 26.8. The predicted molar refractivity (Wildman–Crippen MR) is 192 cm³/mol. The standard InChI is InChI=1S/C38H40N8O2/c1-24(2)31-21-39-22-35(41-31)43-34-19-26(17-18-40-34)23-48-32-16-15-30(28-9-7-8-10-29(28)32)42-37(47)44-36-20-33(38(4,5)6)45-46(36)27-13-11-25(3)12-14-27/h7-22,24H,23H2,1-6H3,(H,40,41,43)(H2,42,44,47). The van der Waals surface area contributed by atoms with Crippen LogP contribution in [0.3, 0.4) is 0 Å². The Morgan fingerprint density at radius 3 is 2.42 bits per heavy atom. The zero-order valence-corrected chi connectivity index (χ0v) is 28.1. The van der Waals surface area contributed by atoms with Crippen LogP contribution in [0.4, 0.5) is 27.9 Å². The highest BCUT2D eigenvalue weighted by molar-refractivity contribution is 6.07. The number of carbonyl (C=O) groups excluding carboxylic acids is 1. The van der Waals surface area contributed by atoms with Crippen molar-refractivity contribution in [2.45, 2.75) is 59.5 Å². The fourth-order valence-corrected chi connectivity index (χ4v) is 5.14. The summed E-state index contributed by atoms with van der Waals surface area (Å²) in [5.41, 5.74) is 5.19. The van der Waals surface area contributed by atoms with Crippen molar-refractivity contribution in [1.82, 2.24) is 24.7 Å². The fraction of sp³-hybridized carbons (Fsp3) is 0.237. The van der Waals surface area contributed by atoms with Gasteiger partial charge in [-0.1, -0.05) is 76.6 Å². The van der Waals surface area contributed by atoms with Crippen molar-refractivity contribution in [1.29, 1.82) is 0 Å². The lowest BCUT2D eigenvalue weighted by molar-refractivity contribution is 0.262. The molecule has 3 aromatic carbocycles. The summed E-state index contributed by atoms with van der Waals surface area (Å²) in [6, 6.07) is 25.0. The number of fused-ring (bicyclic) bond motifs is 1. The lowest BCUT2D eigenvalue weighted by Crippen LogP contribution is -2.21. The van der Waals surface area contributed by atoms with Crippen molar-refractivity contribution in [3.8, 4) is 11.4 Å². The summed E-state index contributed by atoms with van der Waals surface area (Å²) in [5.74, 6) is 2.84. The maximum Gasteiger partial charge on any atom is 0.324 e. The van der Waals surface area contributed by atoms with Gasteiger partial charge in [-0.25, -0.2) is 19.4 Å². The SMILES string of the molecule is Cc1ccc(-n2nc(C(C)(C)C)cc2NC(=O)Nc2ccc(OCc3ccnc(Nc4cncc(C(C)C)n4)c3)c3ccccc23)cc1. The van der Waals surface area contributed by atoms with Crippen molar-refractivity contribution in [2.75, 3.05) is 16.0 Å². The summed E-state index contributed by atoms with van der Waals surface area (Å²) in [5, 5.41) is 15.9. The maximum atomic E-state index is 13.4. The molecule has 0 bridgehead atoms. The van der Waals surface area contributed by atoms with E-state index in [4.69, 9.17) is 9.84 Å². The van der Waals surface area contributed by atoms with E-state index in [1.165, 1.54) is 0 Å². The lowest BCUT2D eigenvalue weighted by atomic mass is 9.92. The van der Waals surface area contributed by atoms with Crippen LogP contribution in [0.25, 0.3) is 16.5 Å². The van der Waals surface area contributed by atoms with Crippen molar-refractivity contribution in [3.05, 3.63) is 120 Å². The smallest absolute Gasteiger partial charge is 0.324 e. The third-order valence-corrected chi connectivity index (χ3v) is 7.85. The number of rotatable bonds is 9. The molecule has 3 N–H and O–H groups in total. The van der Waals surface area contributed by atoms with Crippen LogP contribution < -0.4 is 20.7 Å². The second kappa shape index (κ2) is 13.5. The van der Waals surface area contributed by atoms with Crippen LogP contribution in [0.15, 0.2) is 97.5 Å². The molecule has 3 heterocycles. The zero-order chi connectivity index (χ0) is 33.8. The largest absolute Gasteiger partial charge is 0.488 e. The van der Waals surface area contributed by atoms with Gasteiger partial charge in [0.2, 0.25) is 0 Å². The summed E-state index contributed by atoms with van der Waals surface area (Å²) in [6.45, 7) is 12.8. The Hall–Kier alpha value is -5.77. The first-order chi connectivity index (χ1) is 23.0. The van der Waals surface area contributed by atoms with Crippen LogP contribution in [-0.2, 0) is 12.0 Å². The van der Waals surface area contributed by atoms with E-state index in [0.717, 1.165) is 39.0 Å². The summed E-state index contributed by atoms with van der Waals surface area (Å²) < 4.78 is 8.07. The van der Waals surface area contributed by atoms with E-state index in [-0.39, 0.29) is 17.4 Å². The highest BCUT2D eigenvalue weighted by Crippen LogP contribution is 2.33. The van der Waals surface area contributed by atoms with Gasteiger partial charge < -0.3 is 15.4 Å². The number of anilines is 4. The molecule has 0 aliphatic rings. The number of nitrogens with zero attached hydrogens (tertiary/aromatic N) is 5. The van der Waals surface area contributed by atoms with Gasteiger partial charge >= 0.3 is 6.03 Å². The van der Waals surface area contributed by atoms with E-state index in [2.05, 4.69) is 65.5 Å². The molecule has 244 valence electrons. The molecule has 0 aliphatic heterocycles. The molecule has 10 heteroatoms. The number of hydrogen-bond donors (Lipinski definition) is 3. The number of ether oxygens (including phenoxy) is 1. The van der Waals surface area contributed by atoms with E-state index in [9.17, 15) is 4.79 Å². The number of aryl methyl sites for hydroxylation is 1. The predicted octanol–water partition coefficient (Wildman–Crippen LogP) is 8.91. The van der Waals surface area contributed by atoms with Gasteiger partial charge in [0, 0.05) is 34.6 Å². The second-order valence-corrected chi connectivity index (χ2v) is 13.1. The highest BCUT2D eigenvalue weighted by Gasteiger charge is 2.22. The zero-order valence-electron chi connectivity index (χ0n) is 28.1. The summed E-state index contributed by atoms with van der Waals surface area (Å²) in [6.07, 6.45) is 5.19. The number of hydrogen-bond acceptors (Lipinski definition) is 7. The Balaban J connectivity index is 1.18. The number of aromatic nitrogens is 5. The minimum Gasteiger partial charge on any atom is -0.488 e. The van der Waals surface area contributed by atoms with Gasteiger partial charge in [0.05, 0.1) is 29.0 Å². The Morgan fingerprint density at radius 1 is 0.896 bits per heavy atom. The molecule has 48 heavy (non-hydrogen) atoms. The second-order valence-electron chi connectivity index (χ2n) is 13.1. The Bertz CT molecular complexity index is 2060. The molecule has 0 atom stereocenters. The summed E-state index contributed by atoms with van der Waals surface area (Å²) in [7, 11) is 0. The van der Waals surface area contributed by atoms with Gasteiger partial charge in [0.1, 0.15) is 29.8 Å². The van der Waals surface area contributed by atoms with Gasteiger partial charge in [-0.3, -0.25) is 10.3 Å². The molecule has 6 rings (SSSR count). The van der Waals surface area contributed by atoms with E-state index in [0.29, 0.717) is 35.5 Å². The Kier molecular flexibility index (Phi) is 9.07. The number of pyridine rings is 1. The van der Waals surface area contributed by atoms with Gasteiger partial charge in [-0.15, -0.1) is 0 Å². The van der Waals surface area contributed by atoms with Crippen LogP contribution in [-0.4, -0.2) is 30.8 Å². The number of amides is 2. The van der Waals surface area contributed by atoms with Gasteiger partial charge in [0.25, 0.3) is 0 Å². The van der Waals surface area contributed by atoms with E-state index >= 15 is 0 Å². The minimum atomic E-state index is -0.372. The van der Waals surface area contributed by atoms with Gasteiger partial charge in [0.15, 0.2) is 0 Å². The quantitative estimate of drug-likeness (QED) is 0.144. The molecule has 10 nitrogen and oxygen atoms in total. The molecule has 0 aliphatic carbocycles. The van der Waals surface area contributed by atoms with Crippen LogP contribution in [0.5, 0.6) is 5.75 Å². The number of nitrogens with one attached hydrogen (secondary N) is 3. The van der Waals surface area contributed by atoms with Crippen molar-refractivity contribution >= 4 is 39.9 Å². The Morgan fingerprint density at radius 2 is 1.67 bits per heavy atom. The Labute approximate surface area is 280 Å². The minimum absolute atomic E-state index is 0.197. The van der Waals surface area contributed by atoms with Crippen LogP contribution in [0, 0.1) is 6.92 Å². The van der Waals surface area contributed by atoms with Crippen LogP contribution in [0.1, 0.15) is 63.1 Å². The van der Waals surface area contributed by atoms with E-state index < -0.39 is 0 Å². The molecule has 2 amide bonds. The first-order valence-electron chi connectivity index (χ1n) is 16.0. The maximum absolute atomic E-state index is 13.4. The molecule has 6 aromatic rings. The van der Waals surface area contributed by atoms with E-state index in [1.807, 2.05) is 85.8 Å². The van der Waals surface area contributed by atoms with Gasteiger partial charge in [-0.05, 0) is 54.8 Å². The molecular formula is C38H40N8O2. The van der Waals surface area contributed by atoms with Crippen molar-refractivity contribution < 1.29 is 9.53 Å². The first-order valence-corrected chi connectivity index (χ1v) is 16.0. The molecule has 0 saturated carbocycles. The molecular weight excluding hydrogens is 600 g/mol. The number of benzene rings is 3. The van der Waals surface area contributed by atoms with Crippen LogP contribution in [0.2, 0.25) is 0 Å². The highest BCUT2D eigenvalue weighted by atomic mass is 16.5. The molecule has 0 radical (unpaired) electrons. The summed E-state index contributed by atoms with van der Waals surface area (Å²) >= 11 is 0. The lowest BCUT2D eigenvalue weighted by Gasteiger charge is -2.15. The monoisotopic (exact) mass is 640 g/mol. The topological polar surface area (TPSA) is 119 Å². The fourth-order valence-electron chi connectivity index (χ4n) is 5.14. The van der Waals surface area contributed by atoms with Crippen LogP contribution >= 0.6 is 0 Å². The third-order valence-electron chi connectivity index (χ3n) is 7.85. The van der Waals surface area contributed by atoms with E-state index in [1.54, 1.807) is 23.3 Å². The molecule has 0 fully saturated rings. The molecule has 0 unspecified atom stereocenters. The van der Waals surface area contributed by atoms with Gasteiger partial charge in [-0.2, -0.15) is 5.10 Å². The van der Waals surface area contributed by atoms with Crippen molar-refractivity contribution in [3.63, 3.8) is 0 Å². The average molecular weight is 641 g/mol. The first kappa shape index (κ1) is 32.2. The average Bonchev–Trinajstić information content (AvgIpc) is 3.49. The number of urea groups is 1.